The summed E-state index contributed by atoms with van der Waals surface area (Å²) >= 11 is 1.25. The van der Waals surface area contributed by atoms with Gasteiger partial charge < -0.3 is 9.64 Å². The van der Waals surface area contributed by atoms with E-state index in [1.807, 2.05) is 37.3 Å². The Kier molecular flexibility index (Phi) is 6.92. The molecular weight excluding hydrogens is 448 g/mol. The zero-order valence-corrected chi connectivity index (χ0v) is 19.3. The molecule has 10 heteroatoms. The number of para-hydroxylation sites is 1. The molecule has 1 saturated heterocycles. The average molecular weight is 473 g/mol. The third-order valence-electron chi connectivity index (χ3n) is 5.10. The monoisotopic (exact) mass is 472 g/mol. The summed E-state index contributed by atoms with van der Waals surface area (Å²) in [6.07, 6.45) is 0. The first kappa shape index (κ1) is 22.5. The van der Waals surface area contributed by atoms with Gasteiger partial charge in [-0.25, -0.2) is 8.42 Å². The van der Waals surface area contributed by atoms with E-state index in [2.05, 4.69) is 10.2 Å². The highest BCUT2D eigenvalue weighted by atomic mass is 32.2. The molecule has 2 aromatic carbocycles. The lowest BCUT2D eigenvalue weighted by Crippen LogP contribution is -2.41. The van der Waals surface area contributed by atoms with Gasteiger partial charge >= 0.3 is 0 Å². The van der Waals surface area contributed by atoms with Gasteiger partial charge in [0.1, 0.15) is 5.75 Å². The number of thioether (sulfide) groups is 1. The number of nitrogens with zero attached hydrogens (tertiary/aromatic N) is 4. The van der Waals surface area contributed by atoms with Gasteiger partial charge in [0.15, 0.2) is 20.8 Å². The van der Waals surface area contributed by atoms with Crippen molar-refractivity contribution in [3.05, 3.63) is 66.0 Å². The predicted octanol–water partition coefficient (Wildman–Crippen LogP) is 2.50. The third-order valence-corrected chi connectivity index (χ3v) is 7.64. The second kappa shape index (κ2) is 9.85. The first-order valence-corrected chi connectivity index (χ1v) is 12.9. The number of benzene rings is 2. The van der Waals surface area contributed by atoms with Gasteiger partial charge in [0.25, 0.3) is 0 Å². The van der Waals surface area contributed by atoms with E-state index in [4.69, 9.17) is 4.74 Å². The molecule has 1 aliphatic rings. The van der Waals surface area contributed by atoms with Gasteiger partial charge in [0.2, 0.25) is 5.91 Å². The van der Waals surface area contributed by atoms with E-state index in [1.165, 1.54) is 11.8 Å². The largest absolute Gasteiger partial charge is 0.378 e. The Hall–Kier alpha value is -2.69. The van der Waals surface area contributed by atoms with E-state index >= 15 is 0 Å². The van der Waals surface area contributed by atoms with Gasteiger partial charge in [0.05, 0.1) is 23.9 Å². The summed E-state index contributed by atoms with van der Waals surface area (Å²) in [5.41, 5.74) is 1.73. The fourth-order valence-corrected chi connectivity index (χ4v) is 5.47. The van der Waals surface area contributed by atoms with Crippen LogP contribution in [0.1, 0.15) is 11.4 Å². The van der Waals surface area contributed by atoms with Crippen molar-refractivity contribution in [2.75, 3.05) is 32.1 Å². The number of ether oxygens (including phenoxy) is 1. The number of carbonyl (C=O) groups excluding carboxylic acids is 1. The van der Waals surface area contributed by atoms with Gasteiger partial charge in [0, 0.05) is 18.8 Å². The summed E-state index contributed by atoms with van der Waals surface area (Å²) in [6.45, 7) is 4.13. The molecule has 1 aromatic heterocycles. The van der Waals surface area contributed by atoms with Crippen molar-refractivity contribution in [2.24, 2.45) is 0 Å². The highest BCUT2D eigenvalue weighted by molar-refractivity contribution is 7.99. The van der Waals surface area contributed by atoms with Gasteiger partial charge in [-0.3, -0.25) is 9.36 Å². The number of aryl methyl sites for hydroxylation is 1. The molecule has 0 spiro atoms. The second-order valence-electron chi connectivity index (χ2n) is 7.42. The van der Waals surface area contributed by atoms with E-state index < -0.39 is 9.84 Å². The Bertz CT molecular complexity index is 1170. The summed E-state index contributed by atoms with van der Waals surface area (Å²) in [6, 6.07) is 16.1. The highest BCUT2D eigenvalue weighted by Gasteiger charge is 2.24. The predicted molar refractivity (Wildman–Crippen MR) is 122 cm³/mol. The molecule has 1 amide bonds. The molecule has 0 bridgehead atoms. The van der Waals surface area contributed by atoms with Crippen molar-refractivity contribution in [2.45, 2.75) is 22.7 Å². The van der Waals surface area contributed by atoms with Crippen LogP contribution < -0.4 is 0 Å². The number of aromatic nitrogens is 3. The standard InChI is InChI=1S/C22H24N4O4S2/c1-17-7-9-19(10-8-17)32(28,29)16-20-23-24-22(26(20)18-5-3-2-4-6-18)31-15-21(27)25-11-13-30-14-12-25/h2-10H,11-16H2,1H3. The van der Waals surface area contributed by atoms with Crippen LogP contribution in [0.25, 0.3) is 5.69 Å². The molecule has 8 nitrogen and oxygen atoms in total. The highest BCUT2D eigenvalue weighted by Crippen LogP contribution is 2.25. The number of hydrogen-bond acceptors (Lipinski definition) is 7. The molecule has 0 atom stereocenters. The Morgan fingerprint density at radius 2 is 1.72 bits per heavy atom. The van der Waals surface area contributed by atoms with Crippen LogP contribution in [0, 0.1) is 6.92 Å². The van der Waals surface area contributed by atoms with Crippen LogP contribution in [0.4, 0.5) is 0 Å². The molecule has 4 rings (SSSR count). The van der Waals surface area contributed by atoms with E-state index in [1.54, 1.807) is 33.7 Å². The van der Waals surface area contributed by atoms with E-state index in [-0.39, 0.29) is 22.3 Å². The van der Waals surface area contributed by atoms with Crippen molar-refractivity contribution in [1.82, 2.24) is 19.7 Å². The van der Waals surface area contributed by atoms with E-state index in [0.717, 1.165) is 11.3 Å². The van der Waals surface area contributed by atoms with Crippen molar-refractivity contribution >= 4 is 27.5 Å². The number of sulfone groups is 1. The van der Waals surface area contributed by atoms with Crippen LogP contribution in [0.15, 0.2) is 64.6 Å². The zero-order valence-electron chi connectivity index (χ0n) is 17.7. The lowest BCUT2D eigenvalue weighted by atomic mass is 10.2. The molecule has 1 aliphatic heterocycles. The third kappa shape index (κ3) is 5.20. The number of amides is 1. The Morgan fingerprint density at radius 1 is 1.03 bits per heavy atom. The van der Waals surface area contributed by atoms with Crippen molar-refractivity contribution in [1.29, 1.82) is 0 Å². The van der Waals surface area contributed by atoms with Crippen molar-refractivity contribution in [3.8, 4) is 5.69 Å². The summed E-state index contributed by atoms with van der Waals surface area (Å²) in [4.78, 5) is 14.6. The van der Waals surface area contributed by atoms with Gasteiger partial charge in [-0.2, -0.15) is 0 Å². The zero-order chi connectivity index (χ0) is 22.6. The smallest absolute Gasteiger partial charge is 0.233 e. The fraction of sp³-hybridized carbons (Fsp3) is 0.318. The van der Waals surface area contributed by atoms with Gasteiger partial charge in [-0.1, -0.05) is 47.7 Å². The minimum Gasteiger partial charge on any atom is -0.378 e. The summed E-state index contributed by atoms with van der Waals surface area (Å²) in [5.74, 6) is 0.193. The van der Waals surface area contributed by atoms with Gasteiger partial charge in [-0.15, -0.1) is 10.2 Å². The summed E-state index contributed by atoms with van der Waals surface area (Å²) in [7, 11) is -3.62. The first-order chi connectivity index (χ1) is 15.4. The molecule has 168 valence electrons. The first-order valence-electron chi connectivity index (χ1n) is 10.2. The van der Waals surface area contributed by atoms with E-state index in [9.17, 15) is 13.2 Å². The van der Waals surface area contributed by atoms with Crippen molar-refractivity contribution in [3.63, 3.8) is 0 Å². The molecular formula is C22H24N4O4S2. The molecule has 1 fully saturated rings. The Labute approximate surface area is 191 Å². The SMILES string of the molecule is Cc1ccc(S(=O)(=O)Cc2nnc(SCC(=O)N3CCOCC3)n2-c2ccccc2)cc1. The molecule has 0 radical (unpaired) electrons. The van der Waals surface area contributed by atoms with Gasteiger partial charge in [-0.05, 0) is 31.2 Å². The maximum Gasteiger partial charge on any atom is 0.233 e. The maximum atomic E-state index is 13.0. The summed E-state index contributed by atoms with van der Waals surface area (Å²) in [5, 5.41) is 8.88. The van der Waals surface area contributed by atoms with Crippen molar-refractivity contribution < 1.29 is 17.9 Å². The van der Waals surface area contributed by atoms with E-state index in [0.29, 0.717) is 37.3 Å². The Balaban J connectivity index is 1.59. The lowest BCUT2D eigenvalue weighted by Gasteiger charge is -2.26. The second-order valence-corrected chi connectivity index (χ2v) is 10.4. The fourth-order valence-electron chi connectivity index (χ4n) is 3.35. The van der Waals surface area contributed by atoms with Crippen LogP contribution in [0.3, 0.4) is 0 Å². The molecule has 0 N–H and O–H groups in total. The molecule has 0 unspecified atom stereocenters. The number of hydrogen-bond donors (Lipinski definition) is 0. The summed E-state index contributed by atoms with van der Waals surface area (Å²) < 4.78 is 33.0. The van der Waals surface area contributed by atoms with Crippen LogP contribution in [0.5, 0.6) is 0 Å². The molecule has 0 aliphatic carbocycles. The minimum absolute atomic E-state index is 0.00487. The van der Waals surface area contributed by atoms with Crippen LogP contribution >= 0.6 is 11.8 Å². The van der Waals surface area contributed by atoms with Crippen LogP contribution in [-0.4, -0.2) is 66.0 Å². The quantitative estimate of drug-likeness (QED) is 0.488. The lowest BCUT2D eigenvalue weighted by molar-refractivity contribution is -0.132. The normalized spacial score (nSPS) is 14.5. The number of rotatable bonds is 7. The van der Waals surface area contributed by atoms with Crippen LogP contribution in [0.2, 0.25) is 0 Å². The number of morpholine rings is 1. The Morgan fingerprint density at radius 3 is 2.41 bits per heavy atom. The maximum absolute atomic E-state index is 13.0. The minimum atomic E-state index is -3.62. The molecule has 32 heavy (non-hydrogen) atoms. The van der Waals surface area contributed by atoms with Crippen LogP contribution in [-0.2, 0) is 25.1 Å². The topological polar surface area (TPSA) is 94.4 Å². The average Bonchev–Trinajstić information content (AvgIpc) is 3.20. The molecule has 0 saturated carbocycles. The number of carbonyl (C=O) groups is 1. The molecule has 3 aromatic rings. The molecule has 2 heterocycles.